The molecular formula is C11H14BrNO3. The molecule has 2 N–H and O–H groups in total. The van der Waals surface area contributed by atoms with Gasteiger partial charge in [-0.25, -0.2) is 0 Å². The number of aliphatic hydroxyl groups excluding tert-OH is 1. The number of halogens is 1. The van der Waals surface area contributed by atoms with Crippen LogP contribution in [0.5, 0.6) is 5.75 Å². The lowest BCUT2D eigenvalue weighted by Crippen LogP contribution is -2.25. The van der Waals surface area contributed by atoms with Gasteiger partial charge in [0, 0.05) is 13.5 Å². The van der Waals surface area contributed by atoms with Gasteiger partial charge in [0.25, 0.3) is 0 Å². The number of carbonyl (C=O) groups excluding carboxylic acids is 1. The molecule has 1 unspecified atom stereocenters. The molecule has 16 heavy (non-hydrogen) atoms. The third-order valence-electron chi connectivity index (χ3n) is 2.10. The number of hydrogen-bond donors (Lipinski definition) is 2. The van der Waals surface area contributed by atoms with Crippen LogP contribution >= 0.6 is 15.9 Å². The number of aliphatic hydroxyl groups is 1. The summed E-state index contributed by atoms with van der Waals surface area (Å²) in [6, 6.07) is 5.29. The number of methoxy groups -OCH3 is 1. The van der Waals surface area contributed by atoms with E-state index in [0.717, 1.165) is 10.0 Å². The summed E-state index contributed by atoms with van der Waals surface area (Å²) in [4.78, 5) is 10.7. The molecule has 1 aromatic rings. The minimum atomic E-state index is -0.717. The predicted molar refractivity (Wildman–Crippen MR) is 64.3 cm³/mol. The van der Waals surface area contributed by atoms with Crippen LogP contribution in [0.2, 0.25) is 0 Å². The molecule has 0 bridgehead atoms. The summed E-state index contributed by atoms with van der Waals surface area (Å²) in [6.07, 6.45) is -0.717. The highest BCUT2D eigenvalue weighted by atomic mass is 79.9. The second kappa shape index (κ2) is 5.86. The maximum Gasteiger partial charge on any atom is 0.216 e. The highest BCUT2D eigenvalue weighted by Crippen LogP contribution is 2.27. The molecule has 0 fully saturated rings. The number of carbonyl (C=O) groups is 1. The third kappa shape index (κ3) is 3.50. The van der Waals surface area contributed by atoms with Crippen LogP contribution in [0.3, 0.4) is 0 Å². The lowest BCUT2D eigenvalue weighted by Gasteiger charge is -2.12. The van der Waals surface area contributed by atoms with Crippen molar-refractivity contribution in [3.63, 3.8) is 0 Å². The second-order valence-corrected chi connectivity index (χ2v) is 4.20. The van der Waals surface area contributed by atoms with Gasteiger partial charge in [-0.2, -0.15) is 0 Å². The topological polar surface area (TPSA) is 58.6 Å². The standard InChI is InChI=1S/C11H14BrNO3/c1-7(14)13-6-10(15)8-3-4-11(16-2)9(12)5-8/h3-5,10,15H,6H2,1-2H3,(H,13,14). The summed E-state index contributed by atoms with van der Waals surface area (Å²) in [5, 5.41) is 12.3. The maximum absolute atomic E-state index is 10.7. The highest BCUT2D eigenvalue weighted by molar-refractivity contribution is 9.10. The van der Waals surface area contributed by atoms with Gasteiger partial charge in [-0.05, 0) is 33.6 Å². The normalized spacial score (nSPS) is 12.0. The van der Waals surface area contributed by atoms with Crippen LogP contribution in [0.15, 0.2) is 22.7 Å². The summed E-state index contributed by atoms with van der Waals surface area (Å²) in [7, 11) is 1.58. The Morgan fingerprint density at radius 3 is 2.81 bits per heavy atom. The first-order valence-electron chi connectivity index (χ1n) is 4.80. The van der Waals surface area contributed by atoms with Crippen LogP contribution < -0.4 is 10.1 Å². The summed E-state index contributed by atoms with van der Waals surface area (Å²) in [6.45, 7) is 1.62. The van der Waals surface area contributed by atoms with Crippen molar-refractivity contribution in [3.8, 4) is 5.75 Å². The summed E-state index contributed by atoms with van der Waals surface area (Å²) < 4.78 is 5.85. The molecular weight excluding hydrogens is 274 g/mol. The Morgan fingerprint density at radius 2 is 2.31 bits per heavy atom. The number of hydrogen-bond acceptors (Lipinski definition) is 3. The average molecular weight is 288 g/mol. The van der Waals surface area contributed by atoms with E-state index < -0.39 is 6.10 Å². The molecule has 0 saturated heterocycles. The monoisotopic (exact) mass is 287 g/mol. The van der Waals surface area contributed by atoms with Crippen LogP contribution in [0.4, 0.5) is 0 Å². The second-order valence-electron chi connectivity index (χ2n) is 3.35. The summed E-state index contributed by atoms with van der Waals surface area (Å²) in [5.41, 5.74) is 0.724. The van der Waals surface area contributed by atoms with Crippen molar-refractivity contribution in [1.29, 1.82) is 0 Å². The van der Waals surface area contributed by atoms with E-state index in [2.05, 4.69) is 21.2 Å². The van der Waals surface area contributed by atoms with Crippen molar-refractivity contribution < 1.29 is 14.6 Å². The first kappa shape index (κ1) is 13.0. The minimum Gasteiger partial charge on any atom is -0.496 e. The van der Waals surface area contributed by atoms with Crippen molar-refractivity contribution in [3.05, 3.63) is 28.2 Å². The Hall–Kier alpha value is -1.07. The molecule has 1 amide bonds. The lowest BCUT2D eigenvalue weighted by atomic mass is 10.1. The van der Waals surface area contributed by atoms with Crippen LogP contribution in [0.25, 0.3) is 0 Å². The highest BCUT2D eigenvalue weighted by Gasteiger charge is 2.10. The Morgan fingerprint density at radius 1 is 1.62 bits per heavy atom. The summed E-state index contributed by atoms with van der Waals surface area (Å²) >= 11 is 3.33. The van der Waals surface area contributed by atoms with Crippen molar-refractivity contribution >= 4 is 21.8 Å². The Bertz CT molecular complexity index is 381. The van der Waals surface area contributed by atoms with Crippen molar-refractivity contribution in [2.75, 3.05) is 13.7 Å². The molecule has 1 atom stereocenters. The first-order chi connectivity index (χ1) is 7.54. The van der Waals surface area contributed by atoms with E-state index in [0.29, 0.717) is 5.75 Å². The van der Waals surface area contributed by atoms with Crippen molar-refractivity contribution in [2.24, 2.45) is 0 Å². The minimum absolute atomic E-state index is 0.161. The van der Waals surface area contributed by atoms with Gasteiger partial charge < -0.3 is 15.2 Å². The van der Waals surface area contributed by atoms with Gasteiger partial charge in [0.2, 0.25) is 5.91 Å². The number of nitrogens with one attached hydrogen (secondary N) is 1. The van der Waals surface area contributed by atoms with Gasteiger partial charge in [0.1, 0.15) is 5.75 Å². The number of rotatable bonds is 4. The smallest absolute Gasteiger partial charge is 0.216 e. The molecule has 0 radical (unpaired) electrons. The maximum atomic E-state index is 10.7. The Balaban J connectivity index is 2.72. The van der Waals surface area contributed by atoms with Gasteiger partial charge in [0.05, 0.1) is 17.7 Å². The molecule has 0 heterocycles. The predicted octanol–water partition coefficient (Wildman–Crippen LogP) is 1.63. The van der Waals surface area contributed by atoms with E-state index in [4.69, 9.17) is 4.74 Å². The van der Waals surface area contributed by atoms with Gasteiger partial charge in [-0.3, -0.25) is 4.79 Å². The molecule has 0 saturated carbocycles. The van der Waals surface area contributed by atoms with Gasteiger partial charge in [0.15, 0.2) is 0 Å². The number of ether oxygens (including phenoxy) is 1. The van der Waals surface area contributed by atoms with Gasteiger partial charge >= 0.3 is 0 Å². The molecule has 0 aromatic heterocycles. The average Bonchev–Trinajstić information content (AvgIpc) is 2.25. The fourth-order valence-corrected chi connectivity index (χ4v) is 1.81. The molecule has 5 heteroatoms. The first-order valence-corrected chi connectivity index (χ1v) is 5.60. The number of benzene rings is 1. The Labute approximate surface area is 103 Å². The van der Waals surface area contributed by atoms with E-state index in [1.807, 2.05) is 0 Å². The molecule has 1 aromatic carbocycles. The quantitative estimate of drug-likeness (QED) is 0.885. The Kier molecular flexibility index (Phi) is 4.76. The zero-order valence-electron chi connectivity index (χ0n) is 9.16. The molecule has 88 valence electrons. The summed E-state index contributed by atoms with van der Waals surface area (Å²) in [5.74, 6) is 0.544. The van der Waals surface area contributed by atoms with E-state index in [-0.39, 0.29) is 12.5 Å². The van der Waals surface area contributed by atoms with E-state index in [1.54, 1.807) is 25.3 Å². The fraction of sp³-hybridized carbons (Fsp3) is 0.364. The number of amides is 1. The van der Waals surface area contributed by atoms with Crippen molar-refractivity contribution in [2.45, 2.75) is 13.0 Å². The molecule has 4 nitrogen and oxygen atoms in total. The van der Waals surface area contributed by atoms with Crippen LogP contribution in [-0.2, 0) is 4.79 Å². The third-order valence-corrected chi connectivity index (χ3v) is 2.72. The van der Waals surface area contributed by atoms with E-state index in [9.17, 15) is 9.90 Å². The molecule has 0 aliphatic carbocycles. The van der Waals surface area contributed by atoms with Crippen LogP contribution in [-0.4, -0.2) is 24.7 Å². The fourth-order valence-electron chi connectivity index (χ4n) is 1.25. The molecule has 0 aliphatic heterocycles. The van der Waals surface area contributed by atoms with Gasteiger partial charge in [-0.15, -0.1) is 0 Å². The zero-order valence-corrected chi connectivity index (χ0v) is 10.7. The molecule has 0 spiro atoms. The van der Waals surface area contributed by atoms with E-state index in [1.165, 1.54) is 6.92 Å². The lowest BCUT2D eigenvalue weighted by molar-refractivity contribution is -0.119. The van der Waals surface area contributed by atoms with Gasteiger partial charge in [-0.1, -0.05) is 6.07 Å². The molecule has 1 rings (SSSR count). The van der Waals surface area contributed by atoms with Crippen LogP contribution in [0, 0.1) is 0 Å². The van der Waals surface area contributed by atoms with E-state index >= 15 is 0 Å². The zero-order chi connectivity index (χ0) is 12.1. The SMILES string of the molecule is COc1ccc(C(O)CNC(C)=O)cc1Br. The van der Waals surface area contributed by atoms with Crippen LogP contribution in [0.1, 0.15) is 18.6 Å². The molecule has 0 aliphatic rings. The van der Waals surface area contributed by atoms with Crippen molar-refractivity contribution in [1.82, 2.24) is 5.32 Å². The largest absolute Gasteiger partial charge is 0.496 e.